The van der Waals surface area contributed by atoms with Crippen molar-refractivity contribution in [2.45, 2.75) is 39.5 Å². The Hall–Kier alpha value is -3.28. The first-order valence-corrected chi connectivity index (χ1v) is 10.5. The molecule has 1 heterocycles. The van der Waals surface area contributed by atoms with Crippen LogP contribution < -0.4 is 5.32 Å². The van der Waals surface area contributed by atoms with E-state index < -0.39 is 17.8 Å². The van der Waals surface area contributed by atoms with Crippen LogP contribution in [0.1, 0.15) is 42.4 Å². The fourth-order valence-corrected chi connectivity index (χ4v) is 5.81. The molecule has 2 N–H and O–H groups in total. The number of amides is 2. The lowest BCUT2D eigenvalue weighted by Crippen LogP contribution is -2.39. The quantitative estimate of drug-likeness (QED) is 0.416. The minimum atomic E-state index is -0.529. The Morgan fingerprint density at radius 3 is 2.32 bits per heavy atom. The van der Waals surface area contributed by atoms with Crippen molar-refractivity contribution in [3.05, 3.63) is 63.3 Å². The second-order valence-electron chi connectivity index (χ2n) is 9.09. The Morgan fingerprint density at radius 1 is 0.968 bits per heavy atom. The van der Waals surface area contributed by atoms with Crippen LogP contribution in [0.3, 0.4) is 0 Å². The van der Waals surface area contributed by atoms with Crippen LogP contribution in [0, 0.1) is 31.6 Å². The average molecular weight is 417 g/mol. The summed E-state index contributed by atoms with van der Waals surface area (Å²) in [4.78, 5) is 51.1. The van der Waals surface area contributed by atoms with Crippen LogP contribution in [0.5, 0.6) is 5.75 Å². The van der Waals surface area contributed by atoms with Crippen molar-refractivity contribution in [2.75, 3.05) is 0 Å². The highest BCUT2D eigenvalue weighted by Gasteiger charge is 2.53. The number of imide groups is 1. The maximum absolute atomic E-state index is 13.3. The van der Waals surface area contributed by atoms with Gasteiger partial charge < -0.3 is 5.11 Å². The fourth-order valence-electron chi connectivity index (χ4n) is 5.81. The lowest BCUT2D eigenvalue weighted by Gasteiger charge is -2.42. The summed E-state index contributed by atoms with van der Waals surface area (Å²) in [5, 5.41) is 12.7. The lowest BCUT2D eigenvalue weighted by molar-refractivity contribution is -0.126. The molecule has 0 bridgehead atoms. The predicted octanol–water partition coefficient (Wildman–Crippen LogP) is 2.73. The van der Waals surface area contributed by atoms with Crippen LogP contribution in [0.2, 0.25) is 0 Å². The summed E-state index contributed by atoms with van der Waals surface area (Å²) in [6.07, 6.45) is 4.08. The molecule has 3 aliphatic carbocycles. The van der Waals surface area contributed by atoms with Gasteiger partial charge in [0.1, 0.15) is 5.75 Å². The number of rotatable bonds is 1. The molecule has 0 saturated carbocycles. The summed E-state index contributed by atoms with van der Waals surface area (Å²) in [6, 6.07) is 3.69. The Kier molecular flexibility index (Phi) is 4.19. The number of carbonyl (C=O) groups is 4. The molecule has 1 fully saturated rings. The van der Waals surface area contributed by atoms with Crippen molar-refractivity contribution in [1.82, 2.24) is 5.32 Å². The van der Waals surface area contributed by atoms with Gasteiger partial charge in [-0.2, -0.15) is 0 Å². The topological polar surface area (TPSA) is 101 Å². The number of aryl methyl sites for hydroxylation is 2. The molecule has 4 aliphatic rings. The second kappa shape index (κ2) is 6.61. The van der Waals surface area contributed by atoms with E-state index >= 15 is 0 Å². The zero-order chi connectivity index (χ0) is 22.2. The molecule has 6 heteroatoms. The van der Waals surface area contributed by atoms with Gasteiger partial charge in [-0.15, -0.1) is 0 Å². The van der Waals surface area contributed by atoms with Gasteiger partial charge in [0.25, 0.3) is 0 Å². The number of benzene rings is 1. The molecule has 1 aromatic carbocycles. The van der Waals surface area contributed by atoms with Crippen molar-refractivity contribution < 1.29 is 24.3 Å². The molecule has 1 aliphatic heterocycles. The van der Waals surface area contributed by atoms with Crippen molar-refractivity contribution in [2.24, 2.45) is 17.8 Å². The number of hydrogen-bond donors (Lipinski definition) is 2. The van der Waals surface area contributed by atoms with E-state index in [1.54, 1.807) is 20.8 Å². The molecular formula is C25H23NO5. The van der Waals surface area contributed by atoms with Gasteiger partial charge >= 0.3 is 0 Å². The van der Waals surface area contributed by atoms with Gasteiger partial charge in [0.2, 0.25) is 11.8 Å². The summed E-state index contributed by atoms with van der Waals surface area (Å²) < 4.78 is 0. The Morgan fingerprint density at radius 2 is 1.65 bits per heavy atom. The third kappa shape index (κ3) is 2.70. The molecular weight excluding hydrogens is 394 g/mol. The van der Waals surface area contributed by atoms with Crippen molar-refractivity contribution in [3.8, 4) is 5.75 Å². The lowest BCUT2D eigenvalue weighted by atomic mass is 9.59. The van der Waals surface area contributed by atoms with Crippen LogP contribution in [-0.2, 0) is 19.2 Å². The van der Waals surface area contributed by atoms with E-state index in [0.717, 1.165) is 11.1 Å². The minimum Gasteiger partial charge on any atom is -0.507 e. The predicted molar refractivity (Wildman–Crippen MR) is 112 cm³/mol. The first kappa shape index (κ1) is 19.7. The number of hydrogen-bond acceptors (Lipinski definition) is 5. The first-order valence-electron chi connectivity index (χ1n) is 10.5. The van der Waals surface area contributed by atoms with E-state index in [2.05, 4.69) is 5.32 Å². The van der Waals surface area contributed by atoms with Crippen molar-refractivity contribution in [1.29, 1.82) is 0 Å². The third-order valence-electron chi connectivity index (χ3n) is 7.25. The molecule has 4 atom stereocenters. The zero-order valence-corrected chi connectivity index (χ0v) is 17.6. The van der Waals surface area contributed by atoms with Crippen LogP contribution in [0.15, 0.2) is 46.6 Å². The number of fused-ring (bicyclic) bond motifs is 3. The van der Waals surface area contributed by atoms with E-state index in [0.29, 0.717) is 34.3 Å². The summed E-state index contributed by atoms with van der Waals surface area (Å²) in [5.41, 5.74) is 4.43. The normalized spacial score (nSPS) is 29.8. The number of ketones is 2. The van der Waals surface area contributed by atoms with E-state index in [9.17, 15) is 24.3 Å². The van der Waals surface area contributed by atoms with Gasteiger partial charge in [0.15, 0.2) is 11.6 Å². The standard InChI is InChI=1S/C25H23NO5/c1-10-6-13(7-11(2)22(10)28)19-14-4-5-15-20(25(31)26-24(15)30)16(14)9-17-18(27)8-12(3)23(29)21(17)19/h4,6-8,15-16,19-20,28H,5,9H2,1-3H3,(H,26,30,31). The summed E-state index contributed by atoms with van der Waals surface area (Å²) in [7, 11) is 0. The maximum Gasteiger partial charge on any atom is 0.231 e. The average Bonchev–Trinajstić information content (AvgIpc) is 3.02. The highest BCUT2D eigenvalue weighted by atomic mass is 16.3. The highest BCUT2D eigenvalue weighted by Crippen LogP contribution is 2.54. The molecule has 0 aromatic heterocycles. The van der Waals surface area contributed by atoms with Gasteiger partial charge in [-0.25, -0.2) is 0 Å². The van der Waals surface area contributed by atoms with E-state index in [1.807, 2.05) is 18.2 Å². The third-order valence-corrected chi connectivity index (χ3v) is 7.25. The molecule has 1 aromatic rings. The number of nitrogens with one attached hydrogen (secondary N) is 1. The largest absolute Gasteiger partial charge is 0.507 e. The molecule has 5 rings (SSSR count). The summed E-state index contributed by atoms with van der Waals surface area (Å²) in [6.45, 7) is 5.25. The van der Waals surface area contributed by atoms with E-state index in [4.69, 9.17) is 0 Å². The molecule has 158 valence electrons. The van der Waals surface area contributed by atoms with Crippen LogP contribution in [0.4, 0.5) is 0 Å². The smallest absolute Gasteiger partial charge is 0.231 e. The molecule has 4 unspecified atom stereocenters. The Balaban J connectivity index is 1.75. The summed E-state index contributed by atoms with van der Waals surface area (Å²) >= 11 is 0. The zero-order valence-electron chi connectivity index (χ0n) is 17.6. The second-order valence-corrected chi connectivity index (χ2v) is 9.09. The fraction of sp³-hybridized carbons (Fsp3) is 0.360. The SMILES string of the molecule is CC1=CC(=O)C2=C(C1=O)C(c1cc(C)c(O)c(C)c1)C1=CCC3C(=O)NC(=O)C3C1C2. The number of phenols is 1. The maximum atomic E-state index is 13.3. The minimum absolute atomic E-state index is 0.156. The van der Waals surface area contributed by atoms with Crippen LogP contribution in [-0.4, -0.2) is 28.5 Å². The van der Waals surface area contributed by atoms with Crippen molar-refractivity contribution >= 4 is 23.4 Å². The van der Waals surface area contributed by atoms with Crippen LogP contribution in [0.25, 0.3) is 0 Å². The summed E-state index contributed by atoms with van der Waals surface area (Å²) in [5.74, 6) is -2.47. The number of Topliss-reactive ketones (excluding diaryl/α,β-unsaturated/α-hetero) is 1. The molecule has 31 heavy (non-hydrogen) atoms. The monoisotopic (exact) mass is 417 g/mol. The van der Waals surface area contributed by atoms with Gasteiger partial charge in [-0.3, -0.25) is 24.5 Å². The first-order chi connectivity index (χ1) is 14.7. The highest BCUT2D eigenvalue weighted by molar-refractivity contribution is 6.23. The molecule has 6 nitrogen and oxygen atoms in total. The molecule has 0 radical (unpaired) electrons. The van der Waals surface area contributed by atoms with Crippen molar-refractivity contribution in [3.63, 3.8) is 0 Å². The van der Waals surface area contributed by atoms with Gasteiger partial charge in [0.05, 0.1) is 11.8 Å². The molecule has 2 amide bonds. The van der Waals surface area contributed by atoms with Crippen LogP contribution >= 0.6 is 0 Å². The Bertz CT molecular complexity index is 1180. The number of aromatic hydroxyl groups is 1. The van der Waals surface area contributed by atoms with Gasteiger partial charge in [-0.05, 0) is 62.3 Å². The van der Waals surface area contributed by atoms with E-state index in [-0.39, 0.29) is 41.5 Å². The van der Waals surface area contributed by atoms with E-state index in [1.165, 1.54) is 6.08 Å². The Labute approximate surface area is 179 Å². The number of carbonyl (C=O) groups excluding carboxylic acids is 4. The van der Waals surface area contributed by atoms with Gasteiger partial charge in [0, 0.05) is 22.6 Å². The number of allylic oxidation sites excluding steroid dienone is 6. The molecule has 0 spiro atoms. The molecule has 1 saturated heterocycles. The van der Waals surface area contributed by atoms with Gasteiger partial charge in [-0.1, -0.05) is 23.8 Å². The number of phenolic OH excluding ortho intramolecular Hbond substituents is 1.